The number of nitrogens with zero attached hydrogens (tertiary/aromatic N) is 2. The molecule has 0 bridgehead atoms. The fourth-order valence-corrected chi connectivity index (χ4v) is 2.80. The van der Waals surface area contributed by atoms with Gasteiger partial charge in [0, 0.05) is 6.54 Å². The molecule has 0 saturated heterocycles. The third-order valence-corrected chi connectivity index (χ3v) is 3.77. The van der Waals surface area contributed by atoms with Gasteiger partial charge in [-0.15, -0.1) is 11.3 Å². The van der Waals surface area contributed by atoms with Crippen LogP contribution in [0.3, 0.4) is 0 Å². The first-order valence-corrected chi connectivity index (χ1v) is 6.70. The second kappa shape index (κ2) is 4.92. The largest absolute Gasteiger partial charge is 0.365 e. The van der Waals surface area contributed by atoms with Gasteiger partial charge in [-0.3, -0.25) is 0 Å². The molecule has 0 radical (unpaired) electrons. The second-order valence-electron chi connectivity index (χ2n) is 3.83. The Balaban J connectivity index is 1.86. The molecule has 2 aromatic heterocycles. The van der Waals surface area contributed by atoms with Crippen LogP contribution in [0.4, 0.5) is 5.82 Å². The normalized spacial score (nSPS) is 10.7. The molecule has 18 heavy (non-hydrogen) atoms. The highest BCUT2D eigenvalue weighted by Crippen LogP contribution is 2.31. The molecule has 3 aromatic rings. The molecule has 3 rings (SSSR count). The Kier molecular flexibility index (Phi) is 3.13. The maximum Gasteiger partial charge on any atom is 0.138 e. The van der Waals surface area contributed by atoms with Gasteiger partial charge in [-0.2, -0.15) is 0 Å². The minimum absolute atomic E-state index is 0.730. The summed E-state index contributed by atoms with van der Waals surface area (Å²) in [5, 5.41) is 4.29. The molecular weight excluding hydrogens is 266 g/mol. The van der Waals surface area contributed by atoms with Gasteiger partial charge in [-0.1, -0.05) is 41.9 Å². The van der Waals surface area contributed by atoms with E-state index in [4.69, 9.17) is 11.6 Å². The first kappa shape index (κ1) is 11.4. The summed E-state index contributed by atoms with van der Waals surface area (Å²) in [6, 6.07) is 12.1. The van der Waals surface area contributed by atoms with Crippen LogP contribution >= 0.6 is 22.9 Å². The Labute approximate surface area is 113 Å². The zero-order valence-corrected chi connectivity index (χ0v) is 11.0. The highest BCUT2D eigenvalue weighted by molar-refractivity contribution is 7.22. The lowest BCUT2D eigenvalue weighted by Gasteiger charge is -2.06. The third-order valence-electron chi connectivity index (χ3n) is 2.60. The van der Waals surface area contributed by atoms with Gasteiger partial charge in [0.2, 0.25) is 0 Å². The summed E-state index contributed by atoms with van der Waals surface area (Å²) in [7, 11) is 0. The number of thiophene rings is 1. The minimum Gasteiger partial charge on any atom is -0.365 e. The monoisotopic (exact) mass is 275 g/mol. The number of anilines is 1. The number of benzene rings is 1. The predicted octanol–water partition coefficient (Wildman–Crippen LogP) is 3.96. The smallest absolute Gasteiger partial charge is 0.138 e. The Morgan fingerprint density at radius 2 is 2.00 bits per heavy atom. The maximum absolute atomic E-state index is 6.00. The molecule has 0 fully saturated rings. The molecule has 2 heterocycles. The summed E-state index contributed by atoms with van der Waals surface area (Å²) in [5.74, 6) is 0.826. The van der Waals surface area contributed by atoms with E-state index in [1.165, 1.54) is 16.9 Å². The summed E-state index contributed by atoms with van der Waals surface area (Å²) >= 11 is 7.46. The summed E-state index contributed by atoms with van der Waals surface area (Å²) in [6.45, 7) is 0.737. The molecule has 1 aromatic carbocycles. The fraction of sp³-hybridized carbons (Fsp3) is 0.0769. The molecule has 0 atom stereocenters. The number of rotatable bonds is 3. The highest BCUT2D eigenvalue weighted by atomic mass is 35.5. The number of hydrogen-bond acceptors (Lipinski definition) is 4. The molecule has 1 N–H and O–H groups in total. The number of halogens is 1. The topological polar surface area (TPSA) is 37.8 Å². The van der Waals surface area contributed by atoms with Crippen LogP contribution in [0.15, 0.2) is 42.7 Å². The molecule has 0 aliphatic heterocycles. The lowest BCUT2D eigenvalue weighted by molar-refractivity contribution is 1.11. The van der Waals surface area contributed by atoms with Crippen molar-refractivity contribution in [2.45, 2.75) is 6.54 Å². The van der Waals surface area contributed by atoms with Crippen LogP contribution in [0.2, 0.25) is 4.34 Å². The van der Waals surface area contributed by atoms with E-state index in [-0.39, 0.29) is 0 Å². The highest BCUT2D eigenvalue weighted by Gasteiger charge is 2.07. The zero-order valence-electron chi connectivity index (χ0n) is 9.43. The van der Waals surface area contributed by atoms with Crippen molar-refractivity contribution >= 4 is 39.0 Å². The van der Waals surface area contributed by atoms with E-state index in [0.29, 0.717) is 0 Å². The van der Waals surface area contributed by atoms with Crippen molar-refractivity contribution in [3.8, 4) is 0 Å². The van der Waals surface area contributed by atoms with Crippen LogP contribution < -0.4 is 5.32 Å². The molecule has 90 valence electrons. The Morgan fingerprint density at radius 3 is 2.83 bits per heavy atom. The molecule has 0 spiro atoms. The van der Waals surface area contributed by atoms with Crippen LogP contribution in [-0.4, -0.2) is 9.97 Å². The first-order chi connectivity index (χ1) is 8.83. The third kappa shape index (κ3) is 2.30. The SMILES string of the molecule is Clc1cc2c(NCc3ccccc3)ncnc2s1. The van der Waals surface area contributed by atoms with Gasteiger partial charge in [-0.05, 0) is 11.6 Å². The summed E-state index contributed by atoms with van der Waals surface area (Å²) < 4.78 is 0.730. The molecule has 5 heteroatoms. The van der Waals surface area contributed by atoms with Gasteiger partial charge in [0.15, 0.2) is 0 Å². The maximum atomic E-state index is 6.00. The Morgan fingerprint density at radius 1 is 1.17 bits per heavy atom. The first-order valence-electron chi connectivity index (χ1n) is 5.51. The van der Waals surface area contributed by atoms with Crippen LogP contribution in [0, 0.1) is 0 Å². The summed E-state index contributed by atoms with van der Waals surface area (Å²) in [4.78, 5) is 9.37. The van der Waals surface area contributed by atoms with Gasteiger partial charge in [-0.25, -0.2) is 9.97 Å². The molecule has 0 aliphatic carbocycles. The van der Waals surface area contributed by atoms with Gasteiger partial charge in [0.1, 0.15) is 17.0 Å². The predicted molar refractivity (Wildman–Crippen MR) is 76.2 cm³/mol. The number of nitrogens with one attached hydrogen (secondary N) is 1. The molecular formula is C13H10ClN3S. The average molecular weight is 276 g/mol. The lowest BCUT2D eigenvalue weighted by Crippen LogP contribution is -2.01. The summed E-state index contributed by atoms with van der Waals surface area (Å²) in [6.07, 6.45) is 1.56. The fourth-order valence-electron chi connectivity index (χ4n) is 1.75. The van der Waals surface area contributed by atoms with E-state index in [1.807, 2.05) is 24.3 Å². The van der Waals surface area contributed by atoms with E-state index in [9.17, 15) is 0 Å². The van der Waals surface area contributed by atoms with E-state index in [0.717, 1.165) is 26.9 Å². The van der Waals surface area contributed by atoms with E-state index >= 15 is 0 Å². The van der Waals surface area contributed by atoms with Crippen molar-refractivity contribution in [3.05, 3.63) is 52.6 Å². The van der Waals surface area contributed by atoms with Crippen LogP contribution in [0.5, 0.6) is 0 Å². The Bertz CT molecular complexity index is 666. The van der Waals surface area contributed by atoms with Gasteiger partial charge in [0.05, 0.1) is 9.72 Å². The number of fused-ring (bicyclic) bond motifs is 1. The van der Waals surface area contributed by atoms with Gasteiger partial charge >= 0.3 is 0 Å². The van der Waals surface area contributed by atoms with E-state index in [2.05, 4.69) is 27.4 Å². The molecule has 0 saturated carbocycles. The quantitative estimate of drug-likeness (QED) is 0.786. The van der Waals surface area contributed by atoms with Crippen LogP contribution in [0.25, 0.3) is 10.2 Å². The molecule has 0 amide bonds. The van der Waals surface area contributed by atoms with Crippen LogP contribution in [-0.2, 0) is 6.54 Å². The van der Waals surface area contributed by atoms with Crippen molar-refractivity contribution in [2.24, 2.45) is 0 Å². The van der Waals surface area contributed by atoms with Crippen molar-refractivity contribution in [1.29, 1.82) is 0 Å². The van der Waals surface area contributed by atoms with E-state index in [1.54, 1.807) is 6.33 Å². The zero-order chi connectivity index (χ0) is 12.4. The molecule has 3 nitrogen and oxygen atoms in total. The minimum atomic E-state index is 0.730. The van der Waals surface area contributed by atoms with Gasteiger partial charge < -0.3 is 5.32 Å². The number of aromatic nitrogens is 2. The van der Waals surface area contributed by atoms with Crippen LogP contribution in [0.1, 0.15) is 5.56 Å². The lowest BCUT2D eigenvalue weighted by atomic mass is 10.2. The van der Waals surface area contributed by atoms with Crippen molar-refractivity contribution < 1.29 is 0 Å². The average Bonchev–Trinajstić information content (AvgIpc) is 2.78. The van der Waals surface area contributed by atoms with Crippen molar-refractivity contribution in [2.75, 3.05) is 5.32 Å². The molecule has 0 unspecified atom stereocenters. The number of hydrogen-bond donors (Lipinski definition) is 1. The van der Waals surface area contributed by atoms with Crippen molar-refractivity contribution in [1.82, 2.24) is 9.97 Å². The van der Waals surface area contributed by atoms with E-state index < -0.39 is 0 Å². The van der Waals surface area contributed by atoms with Crippen molar-refractivity contribution in [3.63, 3.8) is 0 Å². The Hall–Kier alpha value is -1.65. The standard InChI is InChI=1S/C13H10ClN3S/c14-11-6-10-12(16-8-17-13(10)18-11)15-7-9-4-2-1-3-5-9/h1-6,8H,7H2,(H,15,16,17). The summed E-state index contributed by atoms with van der Waals surface area (Å²) in [5.41, 5.74) is 1.21. The van der Waals surface area contributed by atoms with Gasteiger partial charge in [0.25, 0.3) is 0 Å². The molecule has 0 aliphatic rings. The second-order valence-corrected chi connectivity index (χ2v) is 5.49.